The van der Waals surface area contributed by atoms with E-state index in [0.717, 1.165) is 30.3 Å². The van der Waals surface area contributed by atoms with Crippen LogP contribution in [0.4, 0.5) is 0 Å². The summed E-state index contributed by atoms with van der Waals surface area (Å²) in [4.78, 5) is 9.87. The largest absolute Gasteiger partial charge is 0.329 e. The molecule has 0 fully saturated rings. The molecule has 0 aliphatic heterocycles. The Morgan fingerprint density at radius 1 is 0.931 bits per heavy atom. The number of benzene rings is 1. The van der Waals surface area contributed by atoms with E-state index < -0.39 is 7.60 Å². The number of nitrogens with zero attached hydrogens (tertiary/aromatic N) is 1. The molecule has 0 saturated carbocycles. The molecule has 29 heavy (non-hydrogen) atoms. The lowest BCUT2D eigenvalue weighted by Gasteiger charge is -2.24. The van der Waals surface area contributed by atoms with Crippen molar-refractivity contribution in [3.63, 3.8) is 0 Å². The molecule has 0 aliphatic rings. The van der Waals surface area contributed by atoms with Crippen molar-refractivity contribution in [2.75, 3.05) is 40.5 Å². The Hall–Kier alpha value is 0.0600. The van der Waals surface area contributed by atoms with Crippen molar-refractivity contribution >= 4 is 30.2 Å². The molecule has 1 rings (SSSR count). The first-order chi connectivity index (χ1) is 13.7. The SMILES string of the molecule is C[N+](C)(C)CCOP(=O)(O)CCCCCCCCCCCCc1cccc(I)c1. The summed E-state index contributed by atoms with van der Waals surface area (Å²) >= 11 is 2.38. The Bertz CT molecular complexity index is 604. The van der Waals surface area contributed by atoms with Gasteiger partial charge in [0.2, 0.25) is 0 Å². The molecule has 0 bridgehead atoms. The summed E-state index contributed by atoms with van der Waals surface area (Å²) in [6.45, 7) is 1.10. The number of hydrogen-bond acceptors (Lipinski definition) is 2. The van der Waals surface area contributed by atoms with Crippen molar-refractivity contribution in [1.29, 1.82) is 0 Å². The fourth-order valence-corrected chi connectivity index (χ4v) is 5.00. The van der Waals surface area contributed by atoms with Gasteiger partial charge in [0.05, 0.1) is 21.1 Å². The van der Waals surface area contributed by atoms with E-state index in [4.69, 9.17) is 4.52 Å². The maximum atomic E-state index is 12.0. The zero-order valence-electron chi connectivity index (χ0n) is 18.7. The van der Waals surface area contributed by atoms with Crippen LogP contribution in [0.1, 0.15) is 69.8 Å². The van der Waals surface area contributed by atoms with Gasteiger partial charge in [-0.05, 0) is 59.5 Å². The summed E-state index contributed by atoms with van der Waals surface area (Å²) in [5.74, 6) is 0. The summed E-state index contributed by atoms with van der Waals surface area (Å²) < 4.78 is 19.3. The molecule has 1 N–H and O–H groups in total. The molecule has 1 atom stereocenters. The standard InChI is InChI=1S/C23H41INO3P/c1-25(2,3)18-19-28-29(26,27)20-13-11-9-7-5-4-6-8-10-12-15-22-16-14-17-23(24)21-22/h14,16-17,21H,4-13,15,18-20H2,1-3H3/p+1. The molecule has 0 aromatic heterocycles. The summed E-state index contributed by atoms with van der Waals surface area (Å²) in [6.07, 6.45) is 13.6. The van der Waals surface area contributed by atoms with Gasteiger partial charge in [0.1, 0.15) is 13.2 Å². The molecule has 1 unspecified atom stereocenters. The minimum absolute atomic E-state index is 0.296. The Morgan fingerprint density at radius 3 is 2.03 bits per heavy atom. The number of quaternary nitrogens is 1. The Kier molecular flexibility index (Phi) is 14.0. The van der Waals surface area contributed by atoms with Gasteiger partial charge in [-0.3, -0.25) is 4.57 Å². The zero-order valence-corrected chi connectivity index (χ0v) is 21.8. The molecule has 0 spiro atoms. The van der Waals surface area contributed by atoms with E-state index in [2.05, 4.69) is 68.0 Å². The second-order valence-electron chi connectivity index (χ2n) is 9.12. The molecule has 0 radical (unpaired) electrons. The average Bonchev–Trinajstić information content (AvgIpc) is 2.61. The van der Waals surface area contributed by atoms with Crippen LogP contribution in [-0.2, 0) is 15.5 Å². The van der Waals surface area contributed by atoms with Gasteiger partial charge in [-0.25, -0.2) is 0 Å². The van der Waals surface area contributed by atoms with E-state index >= 15 is 0 Å². The quantitative estimate of drug-likeness (QED) is 0.105. The van der Waals surface area contributed by atoms with Crippen molar-refractivity contribution < 1.29 is 18.5 Å². The van der Waals surface area contributed by atoms with Crippen LogP contribution < -0.4 is 0 Å². The van der Waals surface area contributed by atoms with Crippen LogP contribution in [0.25, 0.3) is 0 Å². The molecule has 0 amide bonds. The van der Waals surface area contributed by atoms with E-state index in [1.165, 1.54) is 60.5 Å². The predicted octanol–water partition coefficient (Wildman–Crippen LogP) is 6.64. The highest BCUT2D eigenvalue weighted by Crippen LogP contribution is 2.42. The van der Waals surface area contributed by atoms with E-state index in [9.17, 15) is 9.46 Å². The highest BCUT2D eigenvalue weighted by molar-refractivity contribution is 14.1. The van der Waals surface area contributed by atoms with Gasteiger partial charge >= 0.3 is 7.60 Å². The van der Waals surface area contributed by atoms with Crippen molar-refractivity contribution in [3.8, 4) is 0 Å². The second kappa shape index (κ2) is 15.0. The summed E-state index contributed by atoms with van der Waals surface area (Å²) in [5, 5.41) is 0. The van der Waals surface area contributed by atoms with Crippen LogP contribution in [0.3, 0.4) is 0 Å². The van der Waals surface area contributed by atoms with Gasteiger partial charge in [0, 0.05) is 9.73 Å². The minimum Gasteiger partial charge on any atom is -0.329 e. The fourth-order valence-electron chi connectivity index (χ4n) is 3.27. The lowest BCUT2D eigenvalue weighted by atomic mass is 10.0. The smallest absolute Gasteiger partial charge is 0.328 e. The van der Waals surface area contributed by atoms with Gasteiger partial charge < -0.3 is 13.9 Å². The monoisotopic (exact) mass is 538 g/mol. The summed E-state index contributed by atoms with van der Waals surface area (Å²) in [6, 6.07) is 8.81. The molecule has 1 aromatic carbocycles. The number of hydrogen-bond donors (Lipinski definition) is 1. The highest BCUT2D eigenvalue weighted by atomic mass is 127. The number of likely N-dealkylation sites (N-methyl/N-ethyl adjacent to an activating group) is 1. The van der Waals surface area contributed by atoms with Gasteiger partial charge in [0.25, 0.3) is 0 Å². The lowest BCUT2D eigenvalue weighted by molar-refractivity contribution is -0.870. The molecule has 0 aliphatic carbocycles. The molecule has 4 nitrogen and oxygen atoms in total. The van der Waals surface area contributed by atoms with Crippen molar-refractivity contribution in [2.24, 2.45) is 0 Å². The van der Waals surface area contributed by atoms with E-state index in [1.54, 1.807) is 0 Å². The maximum Gasteiger partial charge on any atom is 0.328 e. The van der Waals surface area contributed by atoms with E-state index in [0.29, 0.717) is 12.8 Å². The van der Waals surface area contributed by atoms with Crippen LogP contribution in [0.5, 0.6) is 0 Å². The average molecular weight is 538 g/mol. The molecule has 168 valence electrons. The molecule has 6 heteroatoms. The summed E-state index contributed by atoms with van der Waals surface area (Å²) in [5.41, 5.74) is 1.46. The zero-order chi connectivity index (χ0) is 21.6. The third-order valence-electron chi connectivity index (χ3n) is 5.10. The molecular weight excluding hydrogens is 496 g/mol. The van der Waals surface area contributed by atoms with Crippen molar-refractivity contribution in [2.45, 2.75) is 70.6 Å². The highest BCUT2D eigenvalue weighted by Gasteiger charge is 2.20. The van der Waals surface area contributed by atoms with Crippen LogP contribution in [0.2, 0.25) is 0 Å². The topological polar surface area (TPSA) is 46.5 Å². The molecule has 0 saturated heterocycles. The fraction of sp³-hybridized carbons (Fsp3) is 0.739. The molecule has 0 heterocycles. The van der Waals surface area contributed by atoms with Gasteiger partial charge in [-0.15, -0.1) is 0 Å². The first-order valence-electron chi connectivity index (χ1n) is 11.2. The number of rotatable bonds is 17. The lowest BCUT2D eigenvalue weighted by Crippen LogP contribution is -2.37. The third kappa shape index (κ3) is 16.4. The van der Waals surface area contributed by atoms with Crippen molar-refractivity contribution in [3.05, 3.63) is 33.4 Å². The summed E-state index contributed by atoms with van der Waals surface area (Å²) in [7, 11) is 2.77. The molecule has 1 aromatic rings. The second-order valence-corrected chi connectivity index (χ2v) is 12.3. The Labute approximate surface area is 192 Å². The van der Waals surface area contributed by atoms with Crippen LogP contribution in [0.15, 0.2) is 24.3 Å². The maximum absolute atomic E-state index is 12.0. The van der Waals surface area contributed by atoms with Crippen LogP contribution in [-0.4, -0.2) is 49.8 Å². The van der Waals surface area contributed by atoms with E-state index in [-0.39, 0.29) is 0 Å². The van der Waals surface area contributed by atoms with Gasteiger partial charge in [-0.2, -0.15) is 0 Å². The first-order valence-corrected chi connectivity index (χ1v) is 14.0. The van der Waals surface area contributed by atoms with Gasteiger partial charge in [0.15, 0.2) is 0 Å². The minimum atomic E-state index is -3.39. The number of aryl methyl sites for hydroxylation is 1. The molecular formula is C23H42INO3P+. The Balaban J connectivity index is 1.89. The van der Waals surface area contributed by atoms with Crippen molar-refractivity contribution in [1.82, 2.24) is 0 Å². The third-order valence-corrected chi connectivity index (χ3v) is 7.24. The van der Waals surface area contributed by atoms with Crippen LogP contribution in [0, 0.1) is 3.57 Å². The Morgan fingerprint density at radius 2 is 1.48 bits per heavy atom. The predicted molar refractivity (Wildman–Crippen MR) is 133 cm³/mol. The van der Waals surface area contributed by atoms with Gasteiger partial charge in [-0.1, -0.05) is 63.5 Å². The number of halogens is 1. The first kappa shape index (κ1) is 27.1. The van der Waals surface area contributed by atoms with E-state index in [1.807, 2.05) is 0 Å². The van der Waals surface area contributed by atoms with Crippen LogP contribution >= 0.6 is 30.2 Å². The number of unbranched alkanes of at least 4 members (excludes halogenated alkanes) is 9. The normalized spacial score (nSPS) is 14.1.